The molecule has 0 saturated carbocycles. The smallest absolute Gasteiger partial charge is 0.372 e. The Kier molecular flexibility index (Phi) is 4.39. The lowest BCUT2D eigenvalue weighted by Gasteiger charge is -2.13. The van der Waals surface area contributed by atoms with Crippen molar-refractivity contribution in [3.05, 3.63) is 36.6 Å². The predicted molar refractivity (Wildman–Crippen MR) is 59.5 cm³/mol. The Morgan fingerprint density at radius 3 is 2.31 bits per heavy atom. The van der Waals surface area contributed by atoms with Gasteiger partial charge in [-0.25, -0.2) is 4.79 Å². The van der Waals surface area contributed by atoms with E-state index in [-0.39, 0.29) is 0 Å². The number of hydrogen-bond acceptors (Lipinski definition) is 4. The fourth-order valence-electron chi connectivity index (χ4n) is 0.957. The fraction of sp³-hybridized carbons (Fsp3) is 0.250. The van der Waals surface area contributed by atoms with Gasteiger partial charge in [-0.1, -0.05) is 13.0 Å². The van der Waals surface area contributed by atoms with Gasteiger partial charge >= 0.3 is 5.97 Å². The third-order valence-electron chi connectivity index (χ3n) is 1.71. The third-order valence-corrected chi connectivity index (χ3v) is 1.71. The number of esters is 1. The zero-order valence-corrected chi connectivity index (χ0v) is 9.10. The van der Waals surface area contributed by atoms with Crippen LogP contribution in [-0.4, -0.2) is 17.7 Å². The molecule has 3 rings (SSSR count). The number of benzene rings is 1. The number of fused-ring (bicyclic) bond motifs is 2. The van der Waals surface area contributed by atoms with E-state index >= 15 is 0 Å². The maximum atomic E-state index is 10.3. The molecule has 0 aromatic heterocycles. The molecule has 1 N–H and O–H groups in total. The van der Waals surface area contributed by atoms with Crippen LogP contribution in [0, 0.1) is 0 Å². The lowest BCUT2D eigenvalue weighted by Crippen LogP contribution is -2.06. The monoisotopic (exact) mass is 222 g/mol. The lowest BCUT2D eigenvalue weighted by atomic mass is 10.2. The van der Waals surface area contributed by atoms with E-state index in [1.807, 2.05) is 31.2 Å². The molecular weight excluding hydrogens is 208 g/mol. The maximum absolute atomic E-state index is 10.3. The molecule has 16 heavy (non-hydrogen) atoms. The van der Waals surface area contributed by atoms with Gasteiger partial charge in [0.2, 0.25) is 0 Å². The van der Waals surface area contributed by atoms with E-state index in [1.165, 1.54) is 0 Å². The van der Waals surface area contributed by atoms with Crippen LogP contribution in [0.2, 0.25) is 0 Å². The first-order valence-corrected chi connectivity index (χ1v) is 4.96. The molecule has 0 fully saturated rings. The molecule has 0 saturated heterocycles. The third kappa shape index (κ3) is 3.65. The number of carbonyl (C=O) groups excluding carboxylic acids is 1. The molecular formula is C12H14O4. The molecule has 2 bridgehead atoms. The van der Waals surface area contributed by atoms with Crippen molar-refractivity contribution in [1.82, 2.24) is 0 Å². The summed E-state index contributed by atoms with van der Waals surface area (Å²) < 4.78 is 9.47. The average molecular weight is 222 g/mol. The largest absolute Gasteiger partial charge is 0.502 e. The summed E-state index contributed by atoms with van der Waals surface area (Å²) >= 11 is 0. The van der Waals surface area contributed by atoms with E-state index in [9.17, 15) is 4.79 Å². The lowest BCUT2D eigenvalue weighted by molar-refractivity contribution is -0.141. The first kappa shape index (κ1) is 12.1. The van der Waals surface area contributed by atoms with Crippen molar-refractivity contribution in [2.75, 3.05) is 6.61 Å². The summed E-state index contributed by atoms with van der Waals surface area (Å²) in [5.41, 5.74) is 0. The molecule has 0 amide bonds. The summed E-state index contributed by atoms with van der Waals surface area (Å²) in [6, 6.07) is 7.86. The SMILES string of the molecule is C=C(O)C(=O)OCCC.c1cc2cc(c1)O2. The summed E-state index contributed by atoms with van der Waals surface area (Å²) in [7, 11) is 0. The van der Waals surface area contributed by atoms with E-state index in [4.69, 9.17) is 9.84 Å². The number of aliphatic hydroxyl groups excluding tert-OH is 1. The zero-order valence-electron chi connectivity index (χ0n) is 9.10. The van der Waals surface area contributed by atoms with Crippen LogP contribution in [0.3, 0.4) is 0 Å². The Balaban J connectivity index is 0.000000163. The summed E-state index contributed by atoms with van der Waals surface area (Å²) in [4.78, 5) is 10.3. The van der Waals surface area contributed by atoms with Crippen LogP contribution in [0.5, 0.6) is 11.5 Å². The Morgan fingerprint density at radius 1 is 1.50 bits per heavy atom. The molecule has 2 heterocycles. The summed E-state index contributed by atoms with van der Waals surface area (Å²) in [5, 5.41) is 8.38. The fourth-order valence-corrected chi connectivity index (χ4v) is 0.957. The van der Waals surface area contributed by atoms with Crippen molar-refractivity contribution < 1.29 is 19.4 Å². The van der Waals surface area contributed by atoms with Crippen molar-refractivity contribution in [2.45, 2.75) is 13.3 Å². The number of hydrogen-bond donors (Lipinski definition) is 1. The van der Waals surface area contributed by atoms with E-state index in [0.717, 1.165) is 17.9 Å². The van der Waals surface area contributed by atoms with Crippen LogP contribution in [0.1, 0.15) is 13.3 Å². The van der Waals surface area contributed by atoms with Crippen molar-refractivity contribution in [3.63, 3.8) is 0 Å². The topological polar surface area (TPSA) is 55.8 Å². The van der Waals surface area contributed by atoms with E-state index in [2.05, 4.69) is 11.3 Å². The minimum absolute atomic E-state index is 0.332. The van der Waals surface area contributed by atoms with Gasteiger partial charge in [0, 0.05) is 6.07 Å². The highest BCUT2D eigenvalue weighted by Gasteiger charge is 2.05. The number of aliphatic hydroxyl groups is 1. The standard InChI is InChI=1S/C6H10O3.C6H4O/c1-3-4-9-6(8)5(2)7;1-2-5-4-6(3-1)7-5/h7H,2-4H2,1H3;1-4H. The normalized spacial score (nSPS) is 10.1. The predicted octanol–water partition coefficient (Wildman–Crippen LogP) is 2.80. The highest BCUT2D eigenvalue weighted by atomic mass is 16.5. The minimum atomic E-state index is -0.739. The first-order valence-electron chi connectivity index (χ1n) is 4.96. The van der Waals surface area contributed by atoms with Crippen molar-refractivity contribution in [2.24, 2.45) is 0 Å². The van der Waals surface area contributed by atoms with Crippen molar-refractivity contribution >= 4 is 5.97 Å². The van der Waals surface area contributed by atoms with Crippen molar-refractivity contribution in [3.8, 4) is 11.5 Å². The average Bonchev–Trinajstić information content (AvgIpc) is 2.26. The number of carbonyl (C=O) groups is 1. The minimum Gasteiger partial charge on any atom is -0.502 e. The molecule has 4 nitrogen and oxygen atoms in total. The Labute approximate surface area is 94.1 Å². The first-order chi connectivity index (χ1) is 7.63. The maximum Gasteiger partial charge on any atom is 0.372 e. The second-order valence-corrected chi connectivity index (χ2v) is 3.16. The van der Waals surface area contributed by atoms with Gasteiger partial charge in [-0.05, 0) is 25.1 Å². The molecule has 0 atom stereocenters. The summed E-state index contributed by atoms with van der Waals surface area (Å²) in [6.45, 7) is 5.19. The van der Waals surface area contributed by atoms with E-state index < -0.39 is 11.7 Å². The molecule has 1 aromatic carbocycles. The molecule has 0 radical (unpaired) electrons. The molecule has 2 aliphatic rings. The van der Waals surface area contributed by atoms with Crippen LogP contribution in [-0.2, 0) is 9.53 Å². The second-order valence-electron chi connectivity index (χ2n) is 3.16. The molecule has 0 unspecified atom stereocenters. The summed E-state index contributed by atoms with van der Waals surface area (Å²) in [6.07, 6.45) is 0.749. The quantitative estimate of drug-likeness (QED) is 0.493. The molecule has 0 spiro atoms. The van der Waals surface area contributed by atoms with Gasteiger partial charge in [-0.2, -0.15) is 0 Å². The molecule has 0 aliphatic carbocycles. The van der Waals surface area contributed by atoms with Gasteiger partial charge in [0.05, 0.1) is 6.61 Å². The molecule has 1 aromatic rings. The van der Waals surface area contributed by atoms with Crippen LogP contribution in [0.15, 0.2) is 36.6 Å². The van der Waals surface area contributed by atoms with E-state index in [0.29, 0.717) is 6.61 Å². The zero-order chi connectivity index (χ0) is 12.0. The van der Waals surface area contributed by atoms with Crippen molar-refractivity contribution in [1.29, 1.82) is 0 Å². The Hall–Kier alpha value is -1.97. The number of ether oxygens (including phenoxy) is 2. The van der Waals surface area contributed by atoms with Gasteiger partial charge in [0.25, 0.3) is 0 Å². The molecule has 2 aliphatic heterocycles. The van der Waals surface area contributed by atoms with Crippen LogP contribution in [0.25, 0.3) is 0 Å². The second kappa shape index (κ2) is 5.80. The van der Waals surface area contributed by atoms with E-state index in [1.54, 1.807) is 0 Å². The highest BCUT2D eigenvalue weighted by molar-refractivity contribution is 5.84. The van der Waals surface area contributed by atoms with Gasteiger partial charge in [-0.15, -0.1) is 0 Å². The van der Waals surface area contributed by atoms with Crippen LogP contribution in [0.4, 0.5) is 0 Å². The van der Waals surface area contributed by atoms with Gasteiger partial charge in [0.1, 0.15) is 11.5 Å². The van der Waals surface area contributed by atoms with Gasteiger partial charge in [-0.3, -0.25) is 0 Å². The summed E-state index contributed by atoms with van der Waals surface area (Å²) in [5.74, 6) is 0.690. The van der Waals surface area contributed by atoms with Gasteiger partial charge < -0.3 is 14.6 Å². The van der Waals surface area contributed by atoms with Crippen LogP contribution < -0.4 is 4.74 Å². The van der Waals surface area contributed by atoms with Gasteiger partial charge in [0.15, 0.2) is 5.76 Å². The Morgan fingerprint density at radius 2 is 2.06 bits per heavy atom. The number of rotatable bonds is 3. The molecule has 4 heteroatoms. The van der Waals surface area contributed by atoms with Crippen LogP contribution >= 0.6 is 0 Å². The molecule has 86 valence electrons. The Bertz CT molecular complexity index is 360. The highest BCUT2D eigenvalue weighted by Crippen LogP contribution is 2.32.